The maximum atomic E-state index is 13.1. The molecule has 9 nitrogen and oxygen atoms in total. The fraction of sp³-hybridized carbons (Fsp3) is 0.250. The fourth-order valence-corrected chi connectivity index (χ4v) is 5.21. The van der Waals surface area contributed by atoms with Gasteiger partial charge in [-0.2, -0.15) is 0 Å². The van der Waals surface area contributed by atoms with Crippen LogP contribution in [0.3, 0.4) is 0 Å². The van der Waals surface area contributed by atoms with Crippen LogP contribution >= 0.6 is 0 Å². The first-order valence-corrected chi connectivity index (χ1v) is 13.9. The number of rotatable bonds is 10. The zero-order valence-corrected chi connectivity index (χ0v) is 22.0. The molecule has 0 saturated heterocycles. The van der Waals surface area contributed by atoms with E-state index in [1.807, 2.05) is 24.3 Å². The van der Waals surface area contributed by atoms with Crippen LogP contribution < -0.4 is 11.1 Å². The van der Waals surface area contributed by atoms with Gasteiger partial charge < -0.3 is 20.7 Å². The number of nitrogens with one attached hydrogen (secondary N) is 1. The minimum atomic E-state index is -3.40. The van der Waals surface area contributed by atoms with Crippen molar-refractivity contribution in [3.63, 3.8) is 0 Å². The molecule has 4 aromatic rings. The topological polar surface area (TPSA) is 144 Å². The van der Waals surface area contributed by atoms with Crippen molar-refractivity contribution >= 4 is 32.6 Å². The lowest BCUT2D eigenvalue weighted by molar-refractivity contribution is 0.0914. The molecule has 2 amide bonds. The number of aliphatic hydroxyl groups is 1. The molecule has 0 aliphatic rings. The number of aryl methyl sites for hydroxylation is 1. The Balaban J connectivity index is 1.55. The van der Waals surface area contributed by atoms with Crippen molar-refractivity contribution in [3.8, 4) is 0 Å². The molecule has 0 radical (unpaired) electrons. The van der Waals surface area contributed by atoms with Crippen molar-refractivity contribution in [3.05, 3.63) is 94.9 Å². The molecule has 0 aliphatic carbocycles. The first kappa shape index (κ1) is 27.0. The number of nitrogens with zero attached hydrogens (tertiary/aromatic N) is 2. The van der Waals surface area contributed by atoms with Crippen molar-refractivity contribution in [2.24, 2.45) is 5.73 Å². The lowest BCUT2D eigenvalue weighted by Gasteiger charge is -2.16. The molecule has 1 atom stereocenters. The van der Waals surface area contributed by atoms with E-state index in [1.165, 1.54) is 18.3 Å². The van der Waals surface area contributed by atoms with E-state index in [4.69, 9.17) is 5.73 Å². The number of aliphatic hydroxyl groups excluding tert-OH is 1. The number of fused-ring (bicyclic) bond motifs is 1. The monoisotopic (exact) mass is 534 g/mol. The van der Waals surface area contributed by atoms with Crippen LogP contribution in [0.2, 0.25) is 0 Å². The van der Waals surface area contributed by atoms with Crippen molar-refractivity contribution < 1.29 is 23.1 Å². The van der Waals surface area contributed by atoms with Gasteiger partial charge in [-0.3, -0.25) is 14.6 Å². The van der Waals surface area contributed by atoms with Gasteiger partial charge in [-0.25, -0.2) is 8.42 Å². The summed E-state index contributed by atoms with van der Waals surface area (Å²) >= 11 is 0. The summed E-state index contributed by atoms with van der Waals surface area (Å²) in [5, 5.41) is 13.6. The normalized spacial score (nSPS) is 12.4. The van der Waals surface area contributed by atoms with Crippen LogP contribution in [0.1, 0.15) is 57.6 Å². The summed E-state index contributed by atoms with van der Waals surface area (Å²) < 4.78 is 26.2. The van der Waals surface area contributed by atoms with E-state index >= 15 is 0 Å². The largest absolute Gasteiger partial charge is 0.394 e. The van der Waals surface area contributed by atoms with Crippen LogP contribution in [-0.2, 0) is 22.8 Å². The Hall–Kier alpha value is -4.02. The van der Waals surface area contributed by atoms with Gasteiger partial charge in [-0.15, -0.1) is 0 Å². The quantitative estimate of drug-likeness (QED) is 0.285. The molecule has 10 heteroatoms. The Morgan fingerprint density at radius 3 is 2.32 bits per heavy atom. The molecular weight excluding hydrogens is 504 g/mol. The van der Waals surface area contributed by atoms with E-state index in [0.29, 0.717) is 23.2 Å². The van der Waals surface area contributed by atoms with Crippen LogP contribution in [0.4, 0.5) is 0 Å². The molecule has 0 spiro atoms. The van der Waals surface area contributed by atoms with Crippen molar-refractivity contribution in [2.45, 2.75) is 37.8 Å². The molecule has 1 unspecified atom stereocenters. The Labute approximate surface area is 221 Å². The molecule has 4 rings (SSSR count). The highest BCUT2D eigenvalue weighted by Crippen LogP contribution is 2.24. The highest BCUT2D eigenvalue weighted by Gasteiger charge is 2.19. The predicted octanol–water partition coefficient (Wildman–Crippen LogP) is 3.00. The van der Waals surface area contributed by atoms with E-state index < -0.39 is 28.4 Å². The van der Waals surface area contributed by atoms with Crippen molar-refractivity contribution in [2.75, 3.05) is 12.4 Å². The molecule has 4 N–H and O–H groups in total. The molecule has 2 aromatic carbocycles. The van der Waals surface area contributed by atoms with E-state index in [9.17, 15) is 23.1 Å². The van der Waals surface area contributed by atoms with Crippen LogP contribution in [0.5, 0.6) is 0 Å². The first-order valence-electron chi connectivity index (χ1n) is 12.3. The van der Waals surface area contributed by atoms with Gasteiger partial charge in [0.15, 0.2) is 9.84 Å². The molecule has 0 aliphatic heterocycles. The standard InChI is InChI=1S/C28H30N4O5S/c1-3-32-22(13-18-5-7-19(8-6-18)27(29)34)15-21-14-20(9-12-26(21)32)28(35)31-25(17-33)24-11-10-23(16-30-24)38(36,37)4-2/h5-12,14-16,25,33H,3-4,13,17H2,1-2H3,(H2,29,34)(H,31,35). The summed E-state index contributed by atoms with van der Waals surface area (Å²) in [6.45, 7) is 3.95. The van der Waals surface area contributed by atoms with Gasteiger partial charge in [0.1, 0.15) is 0 Å². The minimum absolute atomic E-state index is 0.0420. The van der Waals surface area contributed by atoms with Crippen LogP contribution in [0.15, 0.2) is 71.8 Å². The lowest BCUT2D eigenvalue weighted by Crippen LogP contribution is -2.31. The third-order valence-electron chi connectivity index (χ3n) is 6.53. The van der Waals surface area contributed by atoms with Gasteiger partial charge in [0, 0.05) is 46.9 Å². The van der Waals surface area contributed by atoms with E-state index in [2.05, 4.69) is 21.8 Å². The molecule has 2 aromatic heterocycles. The molecule has 0 fully saturated rings. The Morgan fingerprint density at radius 2 is 1.74 bits per heavy atom. The lowest BCUT2D eigenvalue weighted by atomic mass is 10.1. The molecular formula is C28H30N4O5S. The summed E-state index contributed by atoms with van der Waals surface area (Å²) in [7, 11) is -3.40. The van der Waals surface area contributed by atoms with Crippen LogP contribution in [0.25, 0.3) is 10.9 Å². The molecule has 198 valence electrons. The minimum Gasteiger partial charge on any atom is -0.394 e. The number of benzene rings is 2. The van der Waals surface area contributed by atoms with Crippen molar-refractivity contribution in [1.29, 1.82) is 0 Å². The molecule has 2 heterocycles. The zero-order valence-electron chi connectivity index (χ0n) is 21.2. The second-order valence-corrected chi connectivity index (χ2v) is 11.2. The number of sulfone groups is 1. The summed E-state index contributed by atoms with van der Waals surface area (Å²) in [6.07, 6.45) is 1.89. The van der Waals surface area contributed by atoms with Gasteiger partial charge in [0.05, 0.1) is 29.0 Å². The maximum Gasteiger partial charge on any atom is 0.251 e. The van der Waals surface area contributed by atoms with E-state index in [1.54, 1.807) is 31.2 Å². The predicted molar refractivity (Wildman–Crippen MR) is 145 cm³/mol. The number of hydrogen-bond donors (Lipinski definition) is 3. The molecule has 0 saturated carbocycles. The van der Waals surface area contributed by atoms with Gasteiger partial charge in [0.2, 0.25) is 5.91 Å². The third-order valence-corrected chi connectivity index (χ3v) is 8.25. The summed E-state index contributed by atoms with van der Waals surface area (Å²) in [5.74, 6) is -0.892. The second-order valence-electron chi connectivity index (χ2n) is 8.92. The SMILES string of the molecule is CCn1c(Cc2ccc(C(N)=O)cc2)cc2cc(C(=O)NC(CO)c3ccc(S(=O)(=O)CC)cn3)ccc21. The average molecular weight is 535 g/mol. The Kier molecular flexibility index (Phi) is 7.94. The molecule has 38 heavy (non-hydrogen) atoms. The molecule has 0 bridgehead atoms. The average Bonchev–Trinajstić information content (AvgIpc) is 3.27. The van der Waals surface area contributed by atoms with Gasteiger partial charge in [-0.05, 0) is 61.0 Å². The highest BCUT2D eigenvalue weighted by molar-refractivity contribution is 7.91. The third kappa shape index (κ3) is 5.61. The van der Waals surface area contributed by atoms with Gasteiger partial charge in [-0.1, -0.05) is 19.1 Å². The van der Waals surface area contributed by atoms with E-state index in [-0.39, 0.29) is 16.6 Å². The Morgan fingerprint density at radius 1 is 1.03 bits per heavy atom. The number of aromatic nitrogens is 2. The van der Waals surface area contributed by atoms with Gasteiger partial charge in [0.25, 0.3) is 5.91 Å². The fourth-order valence-electron chi connectivity index (χ4n) is 4.39. The number of amides is 2. The van der Waals surface area contributed by atoms with E-state index in [0.717, 1.165) is 28.7 Å². The zero-order chi connectivity index (χ0) is 27.4. The van der Waals surface area contributed by atoms with Gasteiger partial charge >= 0.3 is 0 Å². The van der Waals surface area contributed by atoms with Crippen LogP contribution in [-0.4, -0.2) is 47.2 Å². The van der Waals surface area contributed by atoms with Crippen molar-refractivity contribution in [1.82, 2.24) is 14.9 Å². The number of primary amides is 1. The Bertz CT molecular complexity index is 1580. The number of carbonyl (C=O) groups is 2. The number of nitrogens with two attached hydrogens (primary N) is 1. The number of pyridine rings is 1. The summed E-state index contributed by atoms with van der Waals surface area (Å²) in [6, 6.07) is 16.8. The number of carbonyl (C=O) groups excluding carboxylic acids is 2. The second kappa shape index (κ2) is 11.2. The highest BCUT2D eigenvalue weighted by atomic mass is 32.2. The summed E-state index contributed by atoms with van der Waals surface area (Å²) in [4.78, 5) is 28.7. The number of hydrogen-bond acceptors (Lipinski definition) is 6. The maximum absolute atomic E-state index is 13.1. The smallest absolute Gasteiger partial charge is 0.251 e. The van der Waals surface area contributed by atoms with Crippen LogP contribution in [0, 0.1) is 0 Å². The summed E-state index contributed by atoms with van der Waals surface area (Å²) in [5.41, 5.74) is 9.65. The first-order chi connectivity index (χ1) is 18.2.